The van der Waals surface area contributed by atoms with Gasteiger partial charge in [0.25, 0.3) is 5.91 Å². The maximum absolute atomic E-state index is 11.3. The molecule has 1 aliphatic heterocycles. The minimum Gasteiger partial charge on any atom is -0.398 e. The number of rotatable bonds is 6. The van der Waals surface area contributed by atoms with Crippen molar-refractivity contribution in [1.82, 2.24) is 4.90 Å². The normalized spacial score (nSPS) is 19.4. The van der Waals surface area contributed by atoms with Gasteiger partial charge in [-0.25, -0.2) is 0 Å². The van der Waals surface area contributed by atoms with Gasteiger partial charge in [-0.3, -0.25) is 4.79 Å². The van der Waals surface area contributed by atoms with Crippen LogP contribution >= 0.6 is 0 Å². The van der Waals surface area contributed by atoms with E-state index in [0.29, 0.717) is 17.3 Å². The highest BCUT2D eigenvalue weighted by molar-refractivity contribution is 5.98. The molecule has 1 fully saturated rings. The molecule has 0 radical (unpaired) electrons. The number of likely N-dealkylation sites (tertiary alicyclic amines) is 1. The lowest BCUT2D eigenvalue weighted by molar-refractivity contribution is 0.100. The second-order valence-electron chi connectivity index (χ2n) is 5.83. The van der Waals surface area contributed by atoms with Crippen molar-refractivity contribution in [1.29, 1.82) is 0 Å². The molecule has 1 aromatic rings. The standard InChI is InChI=1S/C16H26N4O/c1-12-5-2-3-9-20(12)10-4-8-19-13-6-7-15(17)14(11-13)16(18)21/h6-7,11-12,19H,2-5,8-10,17H2,1H3,(H2,18,21). The molecule has 1 heterocycles. The lowest BCUT2D eigenvalue weighted by Crippen LogP contribution is -2.38. The summed E-state index contributed by atoms with van der Waals surface area (Å²) in [6.45, 7) is 5.53. The van der Waals surface area contributed by atoms with Crippen molar-refractivity contribution in [2.24, 2.45) is 5.73 Å². The second kappa shape index (κ2) is 7.31. The molecule has 1 amide bonds. The van der Waals surface area contributed by atoms with Crippen LogP contribution in [0.1, 0.15) is 43.0 Å². The Bertz CT molecular complexity index is 489. The van der Waals surface area contributed by atoms with E-state index < -0.39 is 5.91 Å². The minimum absolute atomic E-state index is 0.379. The van der Waals surface area contributed by atoms with Gasteiger partial charge in [0.05, 0.1) is 5.56 Å². The maximum Gasteiger partial charge on any atom is 0.250 e. The van der Waals surface area contributed by atoms with Crippen molar-refractivity contribution >= 4 is 17.3 Å². The van der Waals surface area contributed by atoms with Crippen molar-refractivity contribution in [3.05, 3.63) is 23.8 Å². The molecular weight excluding hydrogens is 264 g/mol. The molecule has 5 heteroatoms. The van der Waals surface area contributed by atoms with Crippen LogP contribution in [-0.2, 0) is 0 Å². The van der Waals surface area contributed by atoms with E-state index in [0.717, 1.165) is 25.2 Å². The average molecular weight is 290 g/mol. The fraction of sp³-hybridized carbons (Fsp3) is 0.562. The lowest BCUT2D eigenvalue weighted by Gasteiger charge is -2.33. The molecule has 1 aromatic carbocycles. The Kier molecular flexibility index (Phi) is 5.44. The number of nitrogen functional groups attached to an aromatic ring is 1. The Morgan fingerprint density at radius 3 is 2.95 bits per heavy atom. The zero-order valence-corrected chi connectivity index (χ0v) is 12.8. The van der Waals surface area contributed by atoms with Crippen molar-refractivity contribution < 1.29 is 4.79 Å². The second-order valence-corrected chi connectivity index (χ2v) is 5.83. The van der Waals surface area contributed by atoms with Crippen LogP contribution in [0.4, 0.5) is 11.4 Å². The number of anilines is 2. The number of hydrogen-bond donors (Lipinski definition) is 3. The SMILES string of the molecule is CC1CCCCN1CCCNc1ccc(N)c(C(N)=O)c1. The van der Waals surface area contributed by atoms with Gasteiger partial charge in [0.15, 0.2) is 0 Å². The summed E-state index contributed by atoms with van der Waals surface area (Å²) >= 11 is 0. The number of primary amides is 1. The van der Waals surface area contributed by atoms with E-state index in [2.05, 4.69) is 17.1 Å². The van der Waals surface area contributed by atoms with Crippen LogP contribution in [0.2, 0.25) is 0 Å². The van der Waals surface area contributed by atoms with Gasteiger partial charge in [0, 0.05) is 30.5 Å². The first-order valence-electron chi connectivity index (χ1n) is 7.75. The summed E-state index contributed by atoms with van der Waals surface area (Å²) in [6, 6.07) is 6.03. The highest BCUT2D eigenvalue weighted by Crippen LogP contribution is 2.18. The summed E-state index contributed by atoms with van der Waals surface area (Å²) in [7, 11) is 0. The molecule has 0 aliphatic carbocycles. The van der Waals surface area contributed by atoms with Crippen molar-refractivity contribution in [2.45, 2.75) is 38.6 Å². The van der Waals surface area contributed by atoms with Crippen LogP contribution in [0.3, 0.4) is 0 Å². The van der Waals surface area contributed by atoms with E-state index in [1.54, 1.807) is 12.1 Å². The molecule has 1 atom stereocenters. The lowest BCUT2D eigenvalue weighted by atomic mass is 10.0. The fourth-order valence-electron chi connectivity index (χ4n) is 2.88. The third-order valence-electron chi connectivity index (χ3n) is 4.21. The largest absolute Gasteiger partial charge is 0.398 e. The summed E-state index contributed by atoms with van der Waals surface area (Å²) in [4.78, 5) is 13.8. The van der Waals surface area contributed by atoms with Crippen molar-refractivity contribution in [3.63, 3.8) is 0 Å². The number of nitrogens with one attached hydrogen (secondary N) is 1. The molecule has 1 aliphatic rings. The number of hydrogen-bond acceptors (Lipinski definition) is 4. The van der Waals surface area contributed by atoms with Crippen molar-refractivity contribution in [2.75, 3.05) is 30.7 Å². The van der Waals surface area contributed by atoms with Gasteiger partial charge in [0.2, 0.25) is 0 Å². The molecule has 1 saturated heterocycles. The third-order valence-corrected chi connectivity index (χ3v) is 4.21. The van der Waals surface area contributed by atoms with Gasteiger partial charge in [-0.15, -0.1) is 0 Å². The molecule has 1 unspecified atom stereocenters. The Hall–Kier alpha value is -1.75. The predicted octanol–water partition coefficient (Wildman–Crippen LogP) is 2.04. The molecule has 0 spiro atoms. The number of carbonyl (C=O) groups is 1. The number of nitrogens with zero attached hydrogens (tertiary/aromatic N) is 1. The van der Waals surface area contributed by atoms with E-state index in [4.69, 9.17) is 11.5 Å². The Balaban J connectivity index is 1.78. The molecule has 5 N–H and O–H groups in total. The van der Waals surface area contributed by atoms with E-state index in [1.165, 1.54) is 25.8 Å². The minimum atomic E-state index is -0.488. The molecule has 2 rings (SSSR count). The number of amides is 1. The van der Waals surface area contributed by atoms with Crippen LogP contribution in [0, 0.1) is 0 Å². The summed E-state index contributed by atoms with van der Waals surface area (Å²) in [5.41, 5.74) is 12.7. The number of benzene rings is 1. The number of carbonyl (C=O) groups excluding carboxylic acids is 1. The molecule has 0 aromatic heterocycles. The molecule has 0 saturated carbocycles. The van der Waals surface area contributed by atoms with E-state index in [-0.39, 0.29) is 0 Å². The average Bonchev–Trinajstić information content (AvgIpc) is 2.46. The highest BCUT2D eigenvalue weighted by atomic mass is 16.1. The zero-order chi connectivity index (χ0) is 15.2. The first-order valence-corrected chi connectivity index (χ1v) is 7.75. The van der Waals surface area contributed by atoms with Gasteiger partial charge in [-0.05, 0) is 50.9 Å². The fourth-order valence-corrected chi connectivity index (χ4v) is 2.88. The Morgan fingerprint density at radius 2 is 2.24 bits per heavy atom. The van der Waals surface area contributed by atoms with Crippen LogP contribution in [0.5, 0.6) is 0 Å². The third kappa shape index (κ3) is 4.36. The topological polar surface area (TPSA) is 84.4 Å². The first kappa shape index (κ1) is 15.6. The van der Waals surface area contributed by atoms with Gasteiger partial charge < -0.3 is 21.7 Å². The quantitative estimate of drug-likeness (QED) is 0.553. The highest BCUT2D eigenvalue weighted by Gasteiger charge is 2.17. The number of nitrogens with two attached hydrogens (primary N) is 2. The van der Waals surface area contributed by atoms with Crippen LogP contribution in [0.15, 0.2) is 18.2 Å². The summed E-state index contributed by atoms with van der Waals surface area (Å²) < 4.78 is 0. The molecular formula is C16H26N4O. The Labute approximate surface area is 126 Å². The molecule has 0 bridgehead atoms. The summed E-state index contributed by atoms with van der Waals surface area (Å²) in [5, 5.41) is 3.33. The van der Waals surface area contributed by atoms with Gasteiger partial charge in [0.1, 0.15) is 0 Å². The smallest absolute Gasteiger partial charge is 0.250 e. The van der Waals surface area contributed by atoms with E-state index >= 15 is 0 Å². The molecule has 21 heavy (non-hydrogen) atoms. The van der Waals surface area contributed by atoms with Crippen LogP contribution in [-0.4, -0.2) is 36.5 Å². The maximum atomic E-state index is 11.3. The van der Waals surface area contributed by atoms with Crippen molar-refractivity contribution in [3.8, 4) is 0 Å². The monoisotopic (exact) mass is 290 g/mol. The first-order chi connectivity index (χ1) is 10.1. The zero-order valence-electron chi connectivity index (χ0n) is 12.8. The summed E-state index contributed by atoms with van der Waals surface area (Å²) in [6.07, 6.45) is 5.07. The van der Waals surface area contributed by atoms with Crippen LogP contribution in [0.25, 0.3) is 0 Å². The van der Waals surface area contributed by atoms with Crippen LogP contribution < -0.4 is 16.8 Å². The van der Waals surface area contributed by atoms with Gasteiger partial charge in [-0.1, -0.05) is 6.42 Å². The Morgan fingerprint density at radius 1 is 1.43 bits per heavy atom. The van der Waals surface area contributed by atoms with E-state index in [9.17, 15) is 4.79 Å². The van der Waals surface area contributed by atoms with Gasteiger partial charge in [-0.2, -0.15) is 0 Å². The van der Waals surface area contributed by atoms with E-state index in [1.807, 2.05) is 6.07 Å². The predicted molar refractivity (Wildman–Crippen MR) is 87.4 cm³/mol. The molecule has 116 valence electrons. The summed E-state index contributed by atoms with van der Waals surface area (Å²) in [5.74, 6) is -0.488. The molecule has 5 nitrogen and oxygen atoms in total. The van der Waals surface area contributed by atoms with Gasteiger partial charge >= 0.3 is 0 Å². The number of piperidine rings is 1.